The van der Waals surface area contributed by atoms with Crippen LogP contribution < -0.4 is 0 Å². The van der Waals surface area contributed by atoms with E-state index in [2.05, 4.69) is 26.0 Å². The van der Waals surface area contributed by atoms with Gasteiger partial charge in [-0.3, -0.25) is 0 Å². The molecule has 0 bridgehead atoms. The van der Waals surface area contributed by atoms with Gasteiger partial charge in [0.15, 0.2) is 12.6 Å². The van der Waals surface area contributed by atoms with Gasteiger partial charge in [-0.2, -0.15) is 0 Å². The third kappa shape index (κ3) is 6.85. The van der Waals surface area contributed by atoms with E-state index in [4.69, 9.17) is 18.9 Å². The van der Waals surface area contributed by atoms with E-state index in [1.54, 1.807) is 0 Å². The van der Waals surface area contributed by atoms with Gasteiger partial charge < -0.3 is 18.9 Å². The van der Waals surface area contributed by atoms with Crippen molar-refractivity contribution >= 4 is 0 Å². The van der Waals surface area contributed by atoms with Gasteiger partial charge in [-0.25, -0.2) is 0 Å². The third-order valence-electron chi connectivity index (χ3n) is 6.41. The first kappa shape index (κ1) is 21.3. The van der Waals surface area contributed by atoms with Crippen LogP contribution in [0.2, 0.25) is 0 Å². The van der Waals surface area contributed by atoms with Crippen molar-refractivity contribution < 1.29 is 18.9 Å². The van der Waals surface area contributed by atoms with E-state index >= 15 is 0 Å². The van der Waals surface area contributed by atoms with Crippen molar-refractivity contribution in [2.45, 2.75) is 84.2 Å². The second-order valence-electron chi connectivity index (χ2n) is 8.74. The number of rotatable bonds is 8. The van der Waals surface area contributed by atoms with E-state index < -0.39 is 0 Å². The molecule has 3 aliphatic rings. The standard InChI is InChI=1S/C23H40O4/c1-3-5-7-19-14-24-22(25-15-19)13-10-20-16-26-23(27-17-20)21-11-8-18(6-4-2)9-12-21/h5,7,18-23H,3-4,6,8-17H2,1-2H3/b7-5+. The van der Waals surface area contributed by atoms with Crippen LogP contribution in [0.4, 0.5) is 0 Å². The van der Waals surface area contributed by atoms with Crippen LogP contribution in [0.25, 0.3) is 0 Å². The van der Waals surface area contributed by atoms with Crippen LogP contribution in [0.1, 0.15) is 71.6 Å². The Morgan fingerprint density at radius 2 is 1.44 bits per heavy atom. The lowest BCUT2D eigenvalue weighted by atomic mass is 9.79. The Hall–Kier alpha value is -0.420. The predicted octanol–water partition coefficient (Wildman–Crippen LogP) is 5.32. The minimum absolute atomic E-state index is 0.0390. The number of allylic oxidation sites excluding steroid dienone is 1. The van der Waals surface area contributed by atoms with Crippen LogP contribution in [0.3, 0.4) is 0 Å². The monoisotopic (exact) mass is 380 g/mol. The van der Waals surface area contributed by atoms with Gasteiger partial charge >= 0.3 is 0 Å². The summed E-state index contributed by atoms with van der Waals surface area (Å²) in [6.07, 6.45) is 15.4. The second-order valence-corrected chi connectivity index (χ2v) is 8.74. The highest BCUT2D eigenvalue weighted by Gasteiger charge is 2.32. The van der Waals surface area contributed by atoms with Crippen molar-refractivity contribution in [3.63, 3.8) is 0 Å². The highest BCUT2D eigenvalue weighted by molar-refractivity contribution is 4.88. The summed E-state index contributed by atoms with van der Waals surface area (Å²) in [7, 11) is 0. The van der Waals surface area contributed by atoms with Crippen molar-refractivity contribution in [1.82, 2.24) is 0 Å². The Labute approximate surface area is 166 Å². The molecule has 3 fully saturated rings. The lowest BCUT2D eigenvalue weighted by Gasteiger charge is -2.38. The van der Waals surface area contributed by atoms with Gasteiger partial charge in [-0.05, 0) is 50.9 Å². The molecule has 4 nitrogen and oxygen atoms in total. The van der Waals surface area contributed by atoms with E-state index in [9.17, 15) is 0 Å². The number of hydrogen-bond acceptors (Lipinski definition) is 4. The summed E-state index contributed by atoms with van der Waals surface area (Å²) in [6, 6.07) is 0. The van der Waals surface area contributed by atoms with Crippen molar-refractivity contribution in [3.8, 4) is 0 Å². The van der Waals surface area contributed by atoms with Crippen LogP contribution in [0.5, 0.6) is 0 Å². The van der Waals surface area contributed by atoms with E-state index in [0.717, 1.165) is 51.6 Å². The van der Waals surface area contributed by atoms with Crippen molar-refractivity contribution in [1.29, 1.82) is 0 Å². The predicted molar refractivity (Wildman–Crippen MR) is 107 cm³/mol. The zero-order valence-electron chi connectivity index (χ0n) is 17.4. The van der Waals surface area contributed by atoms with Crippen molar-refractivity contribution in [3.05, 3.63) is 12.2 Å². The van der Waals surface area contributed by atoms with Gasteiger partial charge in [0.25, 0.3) is 0 Å². The summed E-state index contributed by atoms with van der Waals surface area (Å²) < 4.78 is 24.0. The number of hydrogen-bond donors (Lipinski definition) is 0. The first-order chi connectivity index (χ1) is 13.3. The van der Waals surface area contributed by atoms with E-state index in [1.807, 2.05) is 0 Å². The SMILES string of the molecule is CC/C=C/C1COC(CCC2COC(C3CCC(CCC)CC3)OC2)OC1. The summed E-state index contributed by atoms with van der Waals surface area (Å²) in [6.45, 7) is 7.66. The molecule has 2 aliphatic heterocycles. The molecule has 156 valence electrons. The molecule has 1 saturated carbocycles. The normalized spacial score (nSPS) is 38.3. The maximum absolute atomic E-state index is 6.11. The number of ether oxygens (including phenoxy) is 4. The molecule has 0 aromatic carbocycles. The van der Waals surface area contributed by atoms with Gasteiger partial charge in [0, 0.05) is 17.8 Å². The third-order valence-corrected chi connectivity index (χ3v) is 6.41. The topological polar surface area (TPSA) is 36.9 Å². The van der Waals surface area contributed by atoms with Crippen LogP contribution in [0, 0.1) is 23.7 Å². The smallest absolute Gasteiger partial charge is 0.160 e. The van der Waals surface area contributed by atoms with Gasteiger partial charge in [0.1, 0.15) is 0 Å². The second kappa shape index (κ2) is 11.5. The van der Waals surface area contributed by atoms with Gasteiger partial charge in [-0.1, -0.05) is 38.8 Å². The zero-order chi connectivity index (χ0) is 18.9. The summed E-state index contributed by atoms with van der Waals surface area (Å²) >= 11 is 0. The summed E-state index contributed by atoms with van der Waals surface area (Å²) in [5.41, 5.74) is 0. The molecule has 0 aromatic rings. The molecule has 0 unspecified atom stereocenters. The Morgan fingerprint density at radius 1 is 0.741 bits per heavy atom. The minimum atomic E-state index is -0.0529. The molecule has 4 heteroatoms. The molecule has 0 aromatic heterocycles. The molecule has 2 heterocycles. The Morgan fingerprint density at radius 3 is 2.07 bits per heavy atom. The average Bonchev–Trinajstić information content (AvgIpc) is 2.73. The Bertz CT molecular complexity index is 414. The Balaban J connectivity index is 1.28. The van der Waals surface area contributed by atoms with Crippen LogP contribution in [0.15, 0.2) is 12.2 Å². The fraction of sp³-hybridized carbons (Fsp3) is 0.913. The van der Waals surface area contributed by atoms with Gasteiger partial charge in [-0.15, -0.1) is 0 Å². The van der Waals surface area contributed by atoms with E-state index in [-0.39, 0.29) is 12.6 Å². The average molecular weight is 381 g/mol. The quantitative estimate of drug-likeness (QED) is 0.534. The molecule has 0 radical (unpaired) electrons. The van der Waals surface area contributed by atoms with E-state index in [0.29, 0.717) is 17.8 Å². The zero-order valence-corrected chi connectivity index (χ0v) is 17.4. The molecule has 1 aliphatic carbocycles. The first-order valence-corrected chi connectivity index (χ1v) is 11.4. The Kier molecular flexibility index (Phi) is 9.11. The minimum Gasteiger partial charge on any atom is -0.352 e. The van der Waals surface area contributed by atoms with Crippen molar-refractivity contribution in [2.24, 2.45) is 23.7 Å². The molecule has 27 heavy (non-hydrogen) atoms. The van der Waals surface area contributed by atoms with Crippen molar-refractivity contribution in [2.75, 3.05) is 26.4 Å². The molecule has 0 amide bonds. The lowest BCUT2D eigenvalue weighted by molar-refractivity contribution is -0.235. The fourth-order valence-electron chi connectivity index (χ4n) is 4.69. The van der Waals surface area contributed by atoms with E-state index in [1.165, 1.54) is 38.5 Å². The maximum atomic E-state index is 6.11. The van der Waals surface area contributed by atoms with Gasteiger partial charge in [0.05, 0.1) is 26.4 Å². The van der Waals surface area contributed by atoms with Crippen LogP contribution in [-0.2, 0) is 18.9 Å². The summed E-state index contributed by atoms with van der Waals surface area (Å²) in [5.74, 6) is 2.44. The molecule has 0 atom stereocenters. The maximum Gasteiger partial charge on any atom is 0.160 e. The largest absolute Gasteiger partial charge is 0.352 e. The van der Waals surface area contributed by atoms with Gasteiger partial charge in [0.2, 0.25) is 0 Å². The van der Waals surface area contributed by atoms with Crippen LogP contribution >= 0.6 is 0 Å². The highest BCUT2D eigenvalue weighted by Crippen LogP contribution is 2.36. The molecule has 0 spiro atoms. The molecule has 2 saturated heterocycles. The molecule has 3 rings (SSSR count). The highest BCUT2D eigenvalue weighted by atomic mass is 16.7. The van der Waals surface area contributed by atoms with Crippen LogP contribution in [-0.4, -0.2) is 39.0 Å². The molecular weight excluding hydrogens is 340 g/mol. The lowest BCUT2D eigenvalue weighted by Crippen LogP contribution is -2.39. The fourth-order valence-corrected chi connectivity index (χ4v) is 4.69. The molecule has 0 N–H and O–H groups in total. The first-order valence-electron chi connectivity index (χ1n) is 11.4. The summed E-state index contributed by atoms with van der Waals surface area (Å²) in [5, 5.41) is 0. The summed E-state index contributed by atoms with van der Waals surface area (Å²) in [4.78, 5) is 0. The molecular formula is C23H40O4.